The Morgan fingerprint density at radius 1 is 1.13 bits per heavy atom. The highest BCUT2D eigenvalue weighted by Gasteiger charge is 2.25. The second-order valence-corrected chi connectivity index (χ2v) is 10.1. The standard InChI is InChI=1S/C21H25BrFN3O3S/c1-15(16-2-4-17(22)5-3-16)24-21(27)14-26-12-10-19(11-13-26)25-30(28,29)20-8-6-18(23)7-9-20/h2-9,15,19,25H,10-14H2,1H3,(H,24,27). The van der Waals surface area contributed by atoms with Crippen molar-refractivity contribution in [3.63, 3.8) is 0 Å². The third-order valence-corrected chi connectivity index (χ3v) is 7.21. The van der Waals surface area contributed by atoms with Crippen LogP contribution in [-0.2, 0) is 14.8 Å². The zero-order chi connectivity index (χ0) is 21.7. The van der Waals surface area contributed by atoms with Gasteiger partial charge in [0, 0.05) is 23.6 Å². The van der Waals surface area contributed by atoms with Crippen LogP contribution in [0.5, 0.6) is 0 Å². The maximum Gasteiger partial charge on any atom is 0.240 e. The third-order valence-electron chi connectivity index (χ3n) is 5.15. The molecule has 9 heteroatoms. The molecule has 30 heavy (non-hydrogen) atoms. The lowest BCUT2D eigenvalue weighted by molar-refractivity contribution is -0.123. The number of piperidine rings is 1. The van der Waals surface area contributed by atoms with Gasteiger partial charge in [-0.2, -0.15) is 0 Å². The lowest BCUT2D eigenvalue weighted by atomic mass is 10.1. The summed E-state index contributed by atoms with van der Waals surface area (Å²) in [6.07, 6.45) is 1.21. The van der Waals surface area contributed by atoms with E-state index in [1.54, 1.807) is 0 Å². The van der Waals surface area contributed by atoms with Gasteiger partial charge in [-0.05, 0) is 61.7 Å². The van der Waals surface area contributed by atoms with Crippen LogP contribution in [0, 0.1) is 5.82 Å². The second-order valence-electron chi connectivity index (χ2n) is 7.47. The lowest BCUT2D eigenvalue weighted by Gasteiger charge is -2.32. The van der Waals surface area contributed by atoms with Gasteiger partial charge < -0.3 is 5.32 Å². The number of carbonyl (C=O) groups is 1. The van der Waals surface area contributed by atoms with Gasteiger partial charge in [0.25, 0.3) is 0 Å². The number of hydrogen-bond acceptors (Lipinski definition) is 4. The smallest absolute Gasteiger partial charge is 0.240 e. The van der Waals surface area contributed by atoms with Crippen LogP contribution in [0.3, 0.4) is 0 Å². The van der Waals surface area contributed by atoms with E-state index in [9.17, 15) is 17.6 Å². The van der Waals surface area contributed by atoms with Gasteiger partial charge >= 0.3 is 0 Å². The lowest BCUT2D eigenvalue weighted by Crippen LogP contribution is -2.47. The van der Waals surface area contributed by atoms with Gasteiger partial charge in [0.1, 0.15) is 5.82 Å². The Bertz CT molecular complexity index is 960. The molecule has 2 aromatic rings. The normalized spacial score (nSPS) is 16.9. The first kappa shape index (κ1) is 22.9. The Kier molecular flexibility index (Phi) is 7.62. The molecule has 1 saturated heterocycles. The summed E-state index contributed by atoms with van der Waals surface area (Å²) in [5.41, 5.74) is 1.03. The summed E-state index contributed by atoms with van der Waals surface area (Å²) >= 11 is 3.40. The molecule has 0 saturated carbocycles. The fraction of sp³-hybridized carbons (Fsp3) is 0.381. The molecular weight excluding hydrogens is 473 g/mol. The molecule has 2 aromatic carbocycles. The van der Waals surface area contributed by atoms with Crippen molar-refractivity contribution in [2.45, 2.75) is 36.7 Å². The highest BCUT2D eigenvalue weighted by molar-refractivity contribution is 9.10. The molecule has 1 aliphatic heterocycles. The summed E-state index contributed by atoms with van der Waals surface area (Å²) in [6, 6.07) is 12.3. The molecule has 0 aliphatic carbocycles. The molecule has 1 heterocycles. The second kappa shape index (κ2) is 10.00. The van der Waals surface area contributed by atoms with Gasteiger partial charge in [-0.1, -0.05) is 28.1 Å². The third kappa shape index (κ3) is 6.34. The van der Waals surface area contributed by atoms with Crippen LogP contribution in [0.15, 0.2) is 57.9 Å². The first-order chi connectivity index (χ1) is 14.2. The minimum absolute atomic E-state index is 0.0487. The van der Waals surface area contributed by atoms with E-state index < -0.39 is 15.8 Å². The number of nitrogens with zero attached hydrogens (tertiary/aromatic N) is 1. The quantitative estimate of drug-likeness (QED) is 0.615. The Morgan fingerprint density at radius 3 is 2.33 bits per heavy atom. The Morgan fingerprint density at radius 2 is 1.73 bits per heavy atom. The zero-order valence-corrected chi connectivity index (χ0v) is 19.0. The van der Waals surface area contributed by atoms with Crippen molar-refractivity contribution in [3.05, 3.63) is 64.4 Å². The van der Waals surface area contributed by atoms with Crippen LogP contribution in [0.25, 0.3) is 0 Å². The van der Waals surface area contributed by atoms with Gasteiger partial charge in [0.05, 0.1) is 17.5 Å². The van der Waals surface area contributed by atoms with E-state index in [1.807, 2.05) is 36.1 Å². The molecule has 6 nitrogen and oxygen atoms in total. The predicted octanol–water partition coefficient (Wildman–Crippen LogP) is 3.21. The molecule has 1 atom stereocenters. The number of sulfonamides is 1. The average Bonchev–Trinajstić information content (AvgIpc) is 2.70. The number of nitrogens with one attached hydrogen (secondary N) is 2. The Balaban J connectivity index is 1.45. The van der Waals surface area contributed by atoms with E-state index in [-0.39, 0.29) is 29.4 Å². The van der Waals surface area contributed by atoms with E-state index in [0.717, 1.165) is 22.2 Å². The molecule has 1 fully saturated rings. The van der Waals surface area contributed by atoms with Crippen molar-refractivity contribution < 1.29 is 17.6 Å². The highest BCUT2D eigenvalue weighted by Crippen LogP contribution is 2.18. The largest absolute Gasteiger partial charge is 0.348 e. The summed E-state index contributed by atoms with van der Waals surface area (Å²) in [5.74, 6) is -0.536. The maximum absolute atomic E-state index is 13.0. The molecule has 1 amide bonds. The van der Waals surface area contributed by atoms with Crippen LogP contribution in [0.4, 0.5) is 4.39 Å². The zero-order valence-electron chi connectivity index (χ0n) is 16.6. The number of hydrogen-bond donors (Lipinski definition) is 2. The minimum atomic E-state index is -3.68. The van der Waals surface area contributed by atoms with E-state index in [4.69, 9.17) is 0 Å². The molecular formula is C21H25BrFN3O3S. The summed E-state index contributed by atoms with van der Waals surface area (Å²) < 4.78 is 41.6. The summed E-state index contributed by atoms with van der Waals surface area (Å²) in [4.78, 5) is 14.4. The molecule has 0 radical (unpaired) electrons. The molecule has 0 aromatic heterocycles. The van der Waals surface area contributed by atoms with Crippen LogP contribution in [-0.4, -0.2) is 44.9 Å². The topological polar surface area (TPSA) is 78.5 Å². The van der Waals surface area contributed by atoms with Gasteiger partial charge in [0.15, 0.2) is 0 Å². The number of benzene rings is 2. The summed E-state index contributed by atoms with van der Waals surface area (Å²) in [6.45, 7) is 3.46. The number of rotatable bonds is 7. The number of likely N-dealkylation sites (tertiary alicyclic amines) is 1. The highest BCUT2D eigenvalue weighted by atomic mass is 79.9. The van der Waals surface area contributed by atoms with E-state index >= 15 is 0 Å². The van der Waals surface area contributed by atoms with Crippen molar-refractivity contribution >= 4 is 31.9 Å². The predicted molar refractivity (Wildman–Crippen MR) is 117 cm³/mol. The van der Waals surface area contributed by atoms with Crippen LogP contribution in [0.1, 0.15) is 31.4 Å². The number of halogens is 2. The Hall–Kier alpha value is -1.81. The SMILES string of the molecule is CC(NC(=O)CN1CCC(NS(=O)(=O)c2ccc(F)cc2)CC1)c1ccc(Br)cc1. The average molecular weight is 498 g/mol. The molecule has 2 N–H and O–H groups in total. The molecule has 162 valence electrons. The summed E-state index contributed by atoms with van der Waals surface area (Å²) in [5, 5.41) is 3.00. The van der Waals surface area contributed by atoms with E-state index in [1.165, 1.54) is 12.1 Å². The monoisotopic (exact) mass is 497 g/mol. The fourth-order valence-corrected chi connectivity index (χ4v) is 5.00. The molecule has 1 unspecified atom stereocenters. The van der Waals surface area contributed by atoms with Crippen molar-refractivity contribution in [1.29, 1.82) is 0 Å². The van der Waals surface area contributed by atoms with Crippen LogP contribution >= 0.6 is 15.9 Å². The molecule has 1 aliphatic rings. The van der Waals surface area contributed by atoms with Crippen molar-refractivity contribution in [2.75, 3.05) is 19.6 Å². The summed E-state index contributed by atoms with van der Waals surface area (Å²) in [7, 11) is -3.68. The van der Waals surface area contributed by atoms with E-state index in [2.05, 4.69) is 26.0 Å². The number of carbonyl (C=O) groups excluding carboxylic acids is 1. The minimum Gasteiger partial charge on any atom is -0.348 e. The molecule has 0 spiro atoms. The Labute approximate surface area is 185 Å². The van der Waals surface area contributed by atoms with Crippen molar-refractivity contribution in [1.82, 2.24) is 14.9 Å². The van der Waals surface area contributed by atoms with Gasteiger partial charge in [0.2, 0.25) is 15.9 Å². The first-order valence-electron chi connectivity index (χ1n) is 9.78. The molecule has 0 bridgehead atoms. The molecule has 3 rings (SSSR count). The van der Waals surface area contributed by atoms with Gasteiger partial charge in [-0.15, -0.1) is 0 Å². The fourth-order valence-electron chi connectivity index (χ4n) is 3.44. The number of amides is 1. The van der Waals surface area contributed by atoms with Crippen LogP contribution in [0.2, 0.25) is 0 Å². The van der Waals surface area contributed by atoms with Crippen molar-refractivity contribution in [2.24, 2.45) is 0 Å². The van der Waals surface area contributed by atoms with E-state index in [0.29, 0.717) is 25.9 Å². The van der Waals surface area contributed by atoms with Gasteiger partial charge in [-0.25, -0.2) is 17.5 Å². The van der Waals surface area contributed by atoms with Gasteiger partial charge in [-0.3, -0.25) is 9.69 Å². The first-order valence-corrected chi connectivity index (χ1v) is 12.1. The maximum atomic E-state index is 13.0. The van der Waals surface area contributed by atoms with Crippen molar-refractivity contribution in [3.8, 4) is 0 Å². The van der Waals surface area contributed by atoms with Crippen LogP contribution < -0.4 is 10.0 Å².